The molecule has 0 N–H and O–H groups in total. The molecule has 1 aliphatic heterocycles. The Morgan fingerprint density at radius 1 is 1.40 bits per heavy atom. The van der Waals surface area contributed by atoms with Gasteiger partial charge < -0.3 is 0 Å². The number of hydrogen-bond acceptors (Lipinski definition) is 3. The second-order valence-electron chi connectivity index (χ2n) is 4.18. The van der Waals surface area contributed by atoms with E-state index in [1.54, 1.807) is 0 Å². The van der Waals surface area contributed by atoms with Crippen LogP contribution in [0.25, 0.3) is 0 Å². The van der Waals surface area contributed by atoms with E-state index in [2.05, 4.69) is 57.9 Å². The van der Waals surface area contributed by atoms with E-state index in [0.29, 0.717) is 0 Å². The fourth-order valence-corrected chi connectivity index (χ4v) is 4.95. The zero-order chi connectivity index (χ0) is 10.8. The molecule has 0 aliphatic carbocycles. The average molecular weight is 306 g/mol. The van der Waals surface area contributed by atoms with Gasteiger partial charge in [0, 0.05) is 44.9 Å². The van der Waals surface area contributed by atoms with E-state index in [0.717, 1.165) is 17.0 Å². The van der Waals surface area contributed by atoms with Crippen LogP contribution in [-0.4, -0.2) is 28.5 Å². The van der Waals surface area contributed by atoms with Crippen LogP contribution in [0.1, 0.15) is 18.7 Å². The van der Waals surface area contributed by atoms with Gasteiger partial charge in [0.15, 0.2) is 0 Å². The van der Waals surface area contributed by atoms with Gasteiger partial charge in [-0.05, 0) is 22.0 Å². The summed E-state index contributed by atoms with van der Waals surface area (Å²) in [4.78, 5) is 4.04. The lowest BCUT2D eigenvalue weighted by molar-refractivity contribution is 0.265. The largest absolute Gasteiger partial charge is 0.296 e. The molecule has 1 fully saturated rings. The van der Waals surface area contributed by atoms with E-state index in [9.17, 15) is 0 Å². The van der Waals surface area contributed by atoms with Gasteiger partial charge in [0.1, 0.15) is 0 Å². The van der Waals surface area contributed by atoms with Crippen LogP contribution in [0, 0.1) is 0 Å². The molecule has 1 saturated heterocycles. The summed E-state index contributed by atoms with van der Waals surface area (Å²) in [5.41, 5.74) is 0. The summed E-state index contributed by atoms with van der Waals surface area (Å²) in [6.07, 6.45) is 0. The summed E-state index contributed by atoms with van der Waals surface area (Å²) in [6.45, 7) is 8.23. The lowest BCUT2D eigenvalue weighted by atomic mass is 10.3. The summed E-state index contributed by atoms with van der Waals surface area (Å²) in [6, 6.07) is 2.24. The molecule has 1 aromatic heterocycles. The lowest BCUT2D eigenvalue weighted by Gasteiger charge is -2.34. The van der Waals surface area contributed by atoms with Crippen LogP contribution in [-0.2, 0) is 6.54 Å². The molecule has 2 rings (SSSR count). The van der Waals surface area contributed by atoms with Crippen molar-refractivity contribution in [3.63, 3.8) is 0 Å². The Balaban J connectivity index is 1.94. The van der Waals surface area contributed by atoms with Gasteiger partial charge in [0.25, 0.3) is 0 Å². The average Bonchev–Trinajstić information content (AvgIpc) is 2.49. The molecule has 4 heteroatoms. The Bertz CT molecular complexity index is 316. The first kappa shape index (κ1) is 12.0. The molecule has 0 radical (unpaired) electrons. The first-order valence-corrected chi connectivity index (χ1v) is 7.86. The molecule has 15 heavy (non-hydrogen) atoms. The van der Waals surface area contributed by atoms with Crippen molar-refractivity contribution in [3.8, 4) is 0 Å². The minimum absolute atomic E-state index is 0.775. The van der Waals surface area contributed by atoms with Crippen molar-refractivity contribution in [1.29, 1.82) is 0 Å². The first-order valence-electron chi connectivity index (χ1n) is 5.24. The SMILES string of the molecule is CC1CN(Cc2cc(Br)cs2)CC(C)S1. The molecule has 1 aliphatic rings. The molecule has 0 aromatic carbocycles. The molecule has 2 atom stereocenters. The van der Waals surface area contributed by atoms with E-state index >= 15 is 0 Å². The highest BCUT2D eigenvalue weighted by atomic mass is 79.9. The Labute approximate surface area is 108 Å². The highest BCUT2D eigenvalue weighted by Gasteiger charge is 2.22. The molecule has 0 saturated carbocycles. The Morgan fingerprint density at radius 3 is 2.60 bits per heavy atom. The van der Waals surface area contributed by atoms with Crippen LogP contribution in [0.3, 0.4) is 0 Å². The van der Waals surface area contributed by atoms with Crippen LogP contribution in [0.5, 0.6) is 0 Å². The smallest absolute Gasteiger partial charge is 0.0329 e. The fraction of sp³-hybridized carbons (Fsp3) is 0.636. The highest BCUT2D eigenvalue weighted by molar-refractivity contribution is 9.10. The van der Waals surface area contributed by atoms with E-state index in [1.807, 2.05) is 11.3 Å². The molecule has 2 heterocycles. The maximum atomic E-state index is 3.51. The number of rotatable bonds is 2. The van der Waals surface area contributed by atoms with Crippen molar-refractivity contribution in [2.45, 2.75) is 30.9 Å². The van der Waals surface area contributed by atoms with Crippen molar-refractivity contribution in [1.82, 2.24) is 4.90 Å². The van der Waals surface area contributed by atoms with Gasteiger partial charge in [-0.15, -0.1) is 11.3 Å². The number of thioether (sulfide) groups is 1. The lowest BCUT2D eigenvalue weighted by Crippen LogP contribution is -2.39. The third-order valence-corrected chi connectivity index (χ3v) is 5.41. The number of nitrogens with zero attached hydrogens (tertiary/aromatic N) is 1. The molecular formula is C11H16BrNS2. The summed E-state index contributed by atoms with van der Waals surface area (Å²) >= 11 is 7.47. The zero-order valence-electron chi connectivity index (χ0n) is 9.07. The van der Waals surface area contributed by atoms with E-state index in [-0.39, 0.29) is 0 Å². The number of halogens is 1. The van der Waals surface area contributed by atoms with Gasteiger partial charge >= 0.3 is 0 Å². The third-order valence-electron chi connectivity index (χ3n) is 2.50. The highest BCUT2D eigenvalue weighted by Crippen LogP contribution is 2.27. The maximum absolute atomic E-state index is 3.51. The summed E-state index contributed by atoms with van der Waals surface area (Å²) < 4.78 is 1.22. The second-order valence-corrected chi connectivity index (χ2v) is 7.98. The molecule has 0 spiro atoms. The Morgan fingerprint density at radius 2 is 2.07 bits per heavy atom. The van der Waals surface area contributed by atoms with Crippen molar-refractivity contribution in [2.24, 2.45) is 0 Å². The summed E-state index contributed by atoms with van der Waals surface area (Å²) in [5, 5.41) is 3.72. The van der Waals surface area contributed by atoms with E-state index in [4.69, 9.17) is 0 Å². The Hall–Kier alpha value is 0.490. The zero-order valence-corrected chi connectivity index (χ0v) is 12.3. The maximum Gasteiger partial charge on any atom is 0.0329 e. The first-order chi connectivity index (χ1) is 7.13. The van der Waals surface area contributed by atoms with Gasteiger partial charge in [-0.2, -0.15) is 11.8 Å². The molecule has 2 unspecified atom stereocenters. The molecule has 0 bridgehead atoms. The van der Waals surface area contributed by atoms with Crippen LogP contribution in [0.4, 0.5) is 0 Å². The van der Waals surface area contributed by atoms with Gasteiger partial charge in [-0.3, -0.25) is 4.90 Å². The molecule has 84 valence electrons. The second kappa shape index (κ2) is 5.21. The van der Waals surface area contributed by atoms with Crippen molar-refractivity contribution in [2.75, 3.05) is 13.1 Å². The monoisotopic (exact) mass is 305 g/mol. The van der Waals surface area contributed by atoms with E-state index in [1.165, 1.54) is 22.4 Å². The number of hydrogen-bond donors (Lipinski definition) is 0. The molecule has 1 aromatic rings. The van der Waals surface area contributed by atoms with E-state index < -0.39 is 0 Å². The normalized spacial score (nSPS) is 28.2. The number of thiophene rings is 1. The Kier molecular flexibility index (Phi) is 4.16. The van der Waals surface area contributed by atoms with Crippen molar-refractivity contribution >= 4 is 39.0 Å². The fourth-order valence-electron chi connectivity index (χ4n) is 2.07. The van der Waals surface area contributed by atoms with Crippen molar-refractivity contribution < 1.29 is 0 Å². The molecule has 1 nitrogen and oxygen atoms in total. The predicted octanol–water partition coefficient (Wildman–Crippen LogP) is 3.84. The topological polar surface area (TPSA) is 3.24 Å². The summed E-state index contributed by atoms with van der Waals surface area (Å²) in [5.74, 6) is 0. The van der Waals surface area contributed by atoms with Crippen LogP contribution in [0.2, 0.25) is 0 Å². The quantitative estimate of drug-likeness (QED) is 0.817. The minimum atomic E-state index is 0.775. The van der Waals surface area contributed by atoms with Gasteiger partial charge in [-0.1, -0.05) is 13.8 Å². The van der Waals surface area contributed by atoms with Gasteiger partial charge in [-0.25, -0.2) is 0 Å². The van der Waals surface area contributed by atoms with Crippen molar-refractivity contribution in [3.05, 3.63) is 20.8 Å². The molecular weight excluding hydrogens is 290 g/mol. The van der Waals surface area contributed by atoms with Gasteiger partial charge in [0.05, 0.1) is 0 Å². The van der Waals surface area contributed by atoms with Crippen LogP contribution in [0.15, 0.2) is 15.9 Å². The van der Waals surface area contributed by atoms with Crippen LogP contribution >= 0.6 is 39.0 Å². The minimum Gasteiger partial charge on any atom is -0.296 e. The standard InChI is InChI=1S/C11H16BrNS2/c1-8-4-13(5-9(2)15-8)6-11-3-10(12)7-14-11/h3,7-9H,4-6H2,1-2H3. The van der Waals surface area contributed by atoms with Crippen LogP contribution < -0.4 is 0 Å². The predicted molar refractivity (Wildman–Crippen MR) is 73.8 cm³/mol. The van der Waals surface area contributed by atoms with Gasteiger partial charge in [0.2, 0.25) is 0 Å². The summed E-state index contributed by atoms with van der Waals surface area (Å²) in [7, 11) is 0. The third kappa shape index (κ3) is 3.48. The molecule has 0 amide bonds.